The van der Waals surface area contributed by atoms with Gasteiger partial charge >= 0.3 is 12.1 Å². The lowest BCUT2D eigenvalue weighted by Gasteiger charge is -2.17. The molecule has 1 aromatic carbocycles. The molecule has 1 heterocycles. The van der Waals surface area contributed by atoms with E-state index in [1.54, 1.807) is 0 Å². The van der Waals surface area contributed by atoms with Crippen LogP contribution < -0.4 is 4.72 Å². The fraction of sp³-hybridized carbons (Fsp3) is 0.429. The fourth-order valence-corrected chi connectivity index (χ4v) is 3.98. The predicted octanol–water partition coefficient (Wildman–Crippen LogP) is 1.57. The van der Waals surface area contributed by atoms with Crippen LogP contribution in [0.1, 0.15) is 12.0 Å². The van der Waals surface area contributed by atoms with E-state index in [2.05, 4.69) is 4.72 Å². The zero-order valence-corrected chi connectivity index (χ0v) is 14.7. The van der Waals surface area contributed by atoms with Crippen molar-refractivity contribution in [1.82, 2.24) is 9.62 Å². The molecule has 1 unspecified atom stereocenters. The van der Waals surface area contributed by atoms with Crippen LogP contribution >= 0.6 is 11.6 Å². The highest BCUT2D eigenvalue weighted by Crippen LogP contribution is 2.33. The summed E-state index contributed by atoms with van der Waals surface area (Å²) >= 11 is 5.70. The van der Waals surface area contributed by atoms with E-state index < -0.39 is 44.5 Å². The Balaban J connectivity index is 2.06. The number of carboxylic acid groups (broad SMARTS) is 1. The lowest BCUT2D eigenvalue weighted by Crippen LogP contribution is -2.36. The molecule has 0 bridgehead atoms. The minimum atomic E-state index is -4.73. The van der Waals surface area contributed by atoms with Crippen LogP contribution in [0.2, 0.25) is 5.02 Å². The number of sulfonamides is 1. The van der Waals surface area contributed by atoms with Gasteiger partial charge in [-0.3, -0.25) is 9.59 Å². The summed E-state index contributed by atoms with van der Waals surface area (Å²) in [6, 6.07) is 1.92. The molecule has 1 aliphatic rings. The van der Waals surface area contributed by atoms with Crippen molar-refractivity contribution < 1.29 is 36.3 Å². The molecule has 7 nitrogen and oxygen atoms in total. The van der Waals surface area contributed by atoms with Crippen LogP contribution in [0, 0.1) is 5.92 Å². The first-order chi connectivity index (χ1) is 11.9. The maximum atomic E-state index is 12.7. The second-order valence-corrected chi connectivity index (χ2v) is 7.76. The van der Waals surface area contributed by atoms with E-state index in [1.807, 2.05) is 0 Å². The van der Waals surface area contributed by atoms with E-state index in [0.717, 1.165) is 6.07 Å². The number of amides is 1. The quantitative estimate of drug-likeness (QED) is 0.735. The normalized spacial score (nSPS) is 18.4. The van der Waals surface area contributed by atoms with Gasteiger partial charge in [0.2, 0.25) is 15.9 Å². The summed E-state index contributed by atoms with van der Waals surface area (Å²) in [4.78, 5) is 23.0. The van der Waals surface area contributed by atoms with Gasteiger partial charge in [-0.25, -0.2) is 13.1 Å². The number of alkyl halides is 3. The molecule has 2 N–H and O–H groups in total. The van der Waals surface area contributed by atoms with Crippen LogP contribution in [0.4, 0.5) is 13.2 Å². The largest absolute Gasteiger partial charge is 0.481 e. The number of aliphatic carboxylic acids is 1. The number of hydrogen-bond acceptors (Lipinski definition) is 4. The number of carbonyl (C=O) groups is 2. The third-order valence-corrected chi connectivity index (χ3v) is 5.73. The molecule has 2 rings (SSSR count). The van der Waals surface area contributed by atoms with Gasteiger partial charge in [-0.15, -0.1) is 0 Å². The number of hydrogen-bond donors (Lipinski definition) is 2. The fourth-order valence-electron chi connectivity index (χ4n) is 2.43. The number of rotatable bonds is 6. The molecule has 1 aliphatic heterocycles. The molecule has 12 heteroatoms. The standard InChI is InChI=1S/C14H14ClF3N2O5S/c15-10-2-1-9(14(16,17)18)6-11(10)26(24,25)19-3-4-20-7-8(13(22)23)5-12(20)21/h1-2,6,8,19H,3-5,7H2,(H,22,23). The van der Waals surface area contributed by atoms with E-state index in [4.69, 9.17) is 16.7 Å². The van der Waals surface area contributed by atoms with E-state index in [1.165, 1.54) is 4.90 Å². The van der Waals surface area contributed by atoms with Gasteiger partial charge in [0.25, 0.3) is 0 Å². The summed E-state index contributed by atoms with van der Waals surface area (Å²) in [6.45, 7) is -0.467. The molecule has 1 atom stereocenters. The second kappa shape index (κ2) is 7.41. The summed E-state index contributed by atoms with van der Waals surface area (Å²) in [6.07, 6.45) is -4.91. The Morgan fingerprint density at radius 2 is 2.04 bits per heavy atom. The van der Waals surface area contributed by atoms with Crippen molar-refractivity contribution in [3.63, 3.8) is 0 Å². The Labute approximate surface area is 151 Å². The van der Waals surface area contributed by atoms with Crippen LogP contribution in [0.15, 0.2) is 23.1 Å². The first-order valence-electron chi connectivity index (χ1n) is 7.29. The van der Waals surface area contributed by atoms with Gasteiger partial charge in [0, 0.05) is 26.1 Å². The van der Waals surface area contributed by atoms with E-state index in [9.17, 15) is 31.2 Å². The van der Waals surface area contributed by atoms with Crippen molar-refractivity contribution in [2.45, 2.75) is 17.5 Å². The van der Waals surface area contributed by atoms with Crippen molar-refractivity contribution in [3.8, 4) is 0 Å². The van der Waals surface area contributed by atoms with Gasteiger partial charge in [0.1, 0.15) is 4.90 Å². The number of nitrogens with zero attached hydrogens (tertiary/aromatic N) is 1. The van der Waals surface area contributed by atoms with Gasteiger partial charge < -0.3 is 10.0 Å². The summed E-state index contributed by atoms with van der Waals surface area (Å²) in [7, 11) is -4.35. The minimum Gasteiger partial charge on any atom is -0.481 e. The molecule has 144 valence electrons. The minimum absolute atomic E-state index is 0.0553. The summed E-state index contributed by atoms with van der Waals surface area (Å²) in [5.41, 5.74) is -1.17. The molecule has 1 amide bonds. The van der Waals surface area contributed by atoms with Crippen molar-refractivity contribution in [3.05, 3.63) is 28.8 Å². The maximum Gasteiger partial charge on any atom is 0.416 e. The Hall–Kier alpha value is -1.85. The van der Waals surface area contributed by atoms with Crippen LogP contribution in [-0.2, 0) is 25.8 Å². The molecule has 0 radical (unpaired) electrons. The van der Waals surface area contributed by atoms with Gasteiger partial charge in [0.05, 0.1) is 16.5 Å². The van der Waals surface area contributed by atoms with E-state index >= 15 is 0 Å². The zero-order chi connectivity index (χ0) is 19.7. The zero-order valence-electron chi connectivity index (χ0n) is 13.1. The molecule has 1 fully saturated rings. The van der Waals surface area contributed by atoms with Crippen molar-refractivity contribution >= 4 is 33.5 Å². The number of benzene rings is 1. The van der Waals surface area contributed by atoms with Crippen LogP contribution in [-0.4, -0.2) is 49.9 Å². The number of nitrogens with one attached hydrogen (secondary N) is 1. The van der Waals surface area contributed by atoms with Crippen LogP contribution in [0.3, 0.4) is 0 Å². The summed E-state index contributed by atoms with van der Waals surface area (Å²) in [5.74, 6) is -2.43. The molecule has 0 aromatic heterocycles. The van der Waals surface area contributed by atoms with Crippen molar-refractivity contribution in [2.24, 2.45) is 5.92 Å². The molecule has 0 aliphatic carbocycles. The third-order valence-electron chi connectivity index (χ3n) is 3.79. The smallest absolute Gasteiger partial charge is 0.416 e. The third kappa shape index (κ3) is 4.65. The Morgan fingerprint density at radius 1 is 1.38 bits per heavy atom. The number of halogens is 4. The number of likely N-dealkylation sites (tertiary alicyclic amines) is 1. The predicted molar refractivity (Wildman–Crippen MR) is 84.0 cm³/mol. The van der Waals surface area contributed by atoms with E-state index in [0.29, 0.717) is 12.1 Å². The first-order valence-corrected chi connectivity index (χ1v) is 9.15. The average molecular weight is 415 g/mol. The monoisotopic (exact) mass is 414 g/mol. The molecule has 1 aromatic rings. The van der Waals surface area contributed by atoms with Crippen molar-refractivity contribution in [2.75, 3.05) is 19.6 Å². The van der Waals surface area contributed by atoms with Gasteiger partial charge in [-0.05, 0) is 18.2 Å². The molecule has 1 saturated heterocycles. The first kappa shape index (κ1) is 20.5. The highest BCUT2D eigenvalue weighted by molar-refractivity contribution is 7.89. The lowest BCUT2D eigenvalue weighted by atomic mass is 10.1. The highest BCUT2D eigenvalue weighted by atomic mass is 35.5. The molecular weight excluding hydrogens is 401 g/mol. The summed E-state index contributed by atoms with van der Waals surface area (Å²) < 4.78 is 64.7. The molecule has 26 heavy (non-hydrogen) atoms. The number of carboxylic acids is 1. The number of carbonyl (C=O) groups excluding carboxylic acids is 1. The van der Waals surface area contributed by atoms with Gasteiger partial charge in [0.15, 0.2) is 0 Å². The molecule has 0 saturated carbocycles. The van der Waals surface area contributed by atoms with E-state index in [-0.39, 0.29) is 31.1 Å². The lowest BCUT2D eigenvalue weighted by molar-refractivity contribution is -0.141. The Bertz CT molecular complexity index is 828. The maximum absolute atomic E-state index is 12.7. The van der Waals surface area contributed by atoms with Crippen LogP contribution in [0.5, 0.6) is 0 Å². The summed E-state index contributed by atoms with van der Waals surface area (Å²) in [5, 5.41) is 8.50. The Morgan fingerprint density at radius 3 is 2.58 bits per heavy atom. The SMILES string of the molecule is O=C(O)C1CC(=O)N(CCNS(=O)(=O)c2cc(C(F)(F)F)ccc2Cl)C1. The molecular formula is C14H14ClF3N2O5S. The molecule has 0 spiro atoms. The van der Waals surface area contributed by atoms with Crippen molar-refractivity contribution in [1.29, 1.82) is 0 Å². The highest BCUT2D eigenvalue weighted by Gasteiger charge is 2.35. The average Bonchev–Trinajstić information content (AvgIpc) is 2.87. The van der Waals surface area contributed by atoms with Gasteiger partial charge in [-0.2, -0.15) is 13.2 Å². The van der Waals surface area contributed by atoms with Crippen LogP contribution in [0.25, 0.3) is 0 Å². The second-order valence-electron chi connectivity index (χ2n) is 5.62. The van der Waals surface area contributed by atoms with Gasteiger partial charge in [-0.1, -0.05) is 11.6 Å². The topological polar surface area (TPSA) is 104 Å². The Kier molecular flexibility index (Phi) is 5.83.